The van der Waals surface area contributed by atoms with Crippen LogP contribution >= 0.6 is 11.3 Å². The molecular formula is C12H13FN2O2S. The van der Waals surface area contributed by atoms with Crippen molar-refractivity contribution in [3.8, 4) is 11.5 Å². The maximum Gasteiger partial charge on any atom is 0.198 e. The third-order valence-corrected chi connectivity index (χ3v) is 3.15. The highest BCUT2D eigenvalue weighted by molar-refractivity contribution is 7.13. The fourth-order valence-corrected chi connectivity index (χ4v) is 2.04. The van der Waals surface area contributed by atoms with Crippen LogP contribution in [0.25, 0.3) is 0 Å². The minimum atomic E-state index is -0.306. The van der Waals surface area contributed by atoms with E-state index in [9.17, 15) is 4.39 Å². The Morgan fingerprint density at radius 3 is 2.78 bits per heavy atom. The summed E-state index contributed by atoms with van der Waals surface area (Å²) in [6.45, 7) is 0.514. The Morgan fingerprint density at radius 1 is 1.33 bits per heavy atom. The average Bonchev–Trinajstić information content (AvgIpc) is 2.82. The number of aromatic nitrogens is 1. The second kappa shape index (κ2) is 5.68. The van der Waals surface area contributed by atoms with Gasteiger partial charge in [0.15, 0.2) is 10.3 Å². The van der Waals surface area contributed by atoms with Crippen molar-refractivity contribution in [3.63, 3.8) is 0 Å². The second-order valence-corrected chi connectivity index (χ2v) is 4.48. The van der Waals surface area contributed by atoms with E-state index in [4.69, 9.17) is 9.47 Å². The first-order valence-electron chi connectivity index (χ1n) is 5.29. The molecule has 0 unspecified atom stereocenters. The van der Waals surface area contributed by atoms with Crippen molar-refractivity contribution in [2.24, 2.45) is 0 Å². The number of nitrogens with one attached hydrogen (secondary N) is 1. The molecule has 1 aromatic heterocycles. The highest BCUT2D eigenvalue weighted by Gasteiger charge is 2.06. The number of anilines is 1. The van der Waals surface area contributed by atoms with Crippen LogP contribution in [0.1, 0.15) is 5.56 Å². The Balaban J connectivity index is 2.08. The molecule has 0 radical (unpaired) electrons. The molecule has 1 aromatic carbocycles. The van der Waals surface area contributed by atoms with Crippen LogP contribution in [0, 0.1) is 5.13 Å². The molecular weight excluding hydrogens is 255 g/mol. The fraction of sp³-hybridized carbons (Fsp3) is 0.250. The van der Waals surface area contributed by atoms with Crippen molar-refractivity contribution in [1.82, 2.24) is 4.98 Å². The van der Waals surface area contributed by atoms with E-state index in [0.717, 1.165) is 28.4 Å². The molecule has 0 atom stereocenters. The lowest BCUT2D eigenvalue weighted by Crippen LogP contribution is -2.01. The molecule has 0 bridgehead atoms. The van der Waals surface area contributed by atoms with Gasteiger partial charge in [0.1, 0.15) is 11.5 Å². The monoisotopic (exact) mass is 268 g/mol. The molecule has 96 valence electrons. The van der Waals surface area contributed by atoms with Gasteiger partial charge in [0, 0.05) is 18.2 Å². The van der Waals surface area contributed by atoms with Crippen LogP contribution in [0.3, 0.4) is 0 Å². The molecule has 1 N–H and O–H groups in total. The number of ether oxygens (including phenoxy) is 2. The van der Waals surface area contributed by atoms with Crippen LogP contribution < -0.4 is 14.8 Å². The van der Waals surface area contributed by atoms with Crippen LogP contribution in [0.15, 0.2) is 24.4 Å². The maximum absolute atomic E-state index is 12.8. The smallest absolute Gasteiger partial charge is 0.198 e. The minimum Gasteiger partial charge on any atom is -0.497 e. The van der Waals surface area contributed by atoms with Crippen LogP contribution in [0.5, 0.6) is 11.5 Å². The predicted octanol–water partition coefficient (Wildman–Crippen LogP) is 2.91. The number of benzene rings is 1. The second-order valence-electron chi connectivity index (χ2n) is 3.50. The highest BCUT2D eigenvalue weighted by Crippen LogP contribution is 2.26. The molecule has 6 heteroatoms. The van der Waals surface area contributed by atoms with Gasteiger partial charge in [-0.3, -0.25) is 0 Å². The molecule has 0 saturated heterocycles. The van der Waals surface area contributed by atoms with Crippen molar-refractivity contribution >= 4 is 16.5 Å². The lowest BCUT2D eigenvalue weighted by molar-refractivity contribution is 0.391. The zero-order valence-electron chi connectivity index (χ0n) is 10.1. The average molecular weight is 268 g/mol. The number of thiazole rings is 1. The van der Waals surface area contributed by atoms with Gasteiger partial charge in [-0.2, -0.15) is 4.39 Å². The summed E-state index contributed by atoms with van der Waals surface area (Å²) < 4.78 is 23.2. The van der Waals surface area contributed by atoms with Gasteiger partial charge in [-0.15, -0.1) is 0 Å². The third-order valence-electron chi connectivity index (χ3n) is 2.40. The molecule has 0 saturated carbocycles. The molecule has 0 spiro atoms. The number of nitrogens with zero attached hydrogens (tertiary/aromatic N) is 1. The van der Waals surface area contributed by atoms with Crippen LogP contribution in [-0.4, -0.2) is 19.2 Å². The predicted molar refractivity (Wildman–Crippen MR) is 68.9 cm³/mol. The molecule has 2 rings (SSSR count). The first-order chi connectivity index (χ1) is 8.72. The van der Waals surface area contributed by atoms with E-state index in [2.05, 4.69) is 10.3 Å². The first kappa shape index (κ1) is 12.6. The molecule has 4 nitrogen and oxygen atoms in total. The van der Waals surface area contributed by atoms with Crippen molar-refractivity contribution in [1.29, 1.82) is 0 Å². The summed E-state index contributed by atoms with van der Waals surface area (Å²) >= 11 is 0.974. The summed E-state index contributed by atoms with van der Waals surface area (Å²) in [5, 5.41) is 3.28. The van der Waals surface area contributed by atoms with Crippen LogP contribution in [-0.2, 0) is 6.54 Å². The molecule has 1 heterocycles. The Morgan fingerprint density at radius 2 is 2.17 bits per heavy atom. The van der Waals surface area contributed by atoms with E-state index in [0.29, 0.717) is 11.7 Å². The lowest BCUT2D eigenvalue weighted by atomic mass is 10.2. The van der Waals surface area contributed by atoms with Gasteiger partial charge in [0.05, 0.1) is 20.4 Å². The third kappa shape index (κ3) is 2.89. The largest absolute Gasteiger partial charge is 0.497 e. The van der Waals surface area contributed by atoms with Crippen molar-refractivity contribution in [2.75, 3.05) is 19.5 Å². The lowest BCUT2D eigenvalue weighted by Gasteiger charge is -2.10. The molecule has 0 aliphatic rings. The normalized spacial score (nSPS) is 10.2. The summed E-state index contributed by atoms with van der Waals surface area (Å²) in [7, 11) is 3.20. The molecule has 0 aliphatic heterocycles. The van der Waals surface area contributed by atoms with Gasteiger partial charge < -0.3 is 14.8 Å². The molecule has 18 heavy (non-hydrogen) atoms. The molecule has 0 fully saturated rings. The van der Waals surface area contributed by atoms with E-state index >= 15 is 0 Å². The summed E-state index contributed by atoms with van der Waals surface area (Å²) in [5.74, 6) is 1.45. The van der Waals surface area contributed by atoms with E-state index in [-0.39, 0.29) is 5.13 Å². The quantitative estimate of drug-likeness (QED) is 0.905. The van der Waals surface area contributed by atoms with E-state index in [1.807, 2.05) is 12.1 Å². The number of methoxy groups -OCH3 is 2. The van der Waals surface area contributed by atoms with Gasteiger partial charge in [0.2, 0.25) is 0 Å². The summed E-state index contributed by atoms with van der Waals surface area (Å²) in [4.78, 5) is 3.89. The van der Waals surface area contributed by atoms with Gasteiger partial charge >= 0.3 is 0 Å². The van der Waals surface area contributed by atoms with E-state index in [1.54, 1.807) is 20.3 Å². The first-order valence-corrected chi connectivity index (χ1v) is 6.10. The van der Waals surface area contributed by atoms with Gasteiger partial charge in [-0.05, 0) is 12.1 Å². The van der Waals surface area contributed by atoms with Gasteiger partial charge in [0.25, 0.3) is 0 Å². The fourth-order valence-electron chi connectivity index (χ4n) is 1.50. The van der Waals surface area contributed by atoms with Gasteiger partial charge in [-0.1, -0.05) is 11.3 Å². The van der Waals surface area contributed by atoms with Crippen LogP contribution in [0.2, 0.25) is 0 Å². The number of hydrogen-bond acceptors (Lipinski definition) is 5. The minimum absolute atomic E-state index is 0.306. The number of hydrogen-bond donors (Lipinski definition) is 1. The highest BCUT2D eigenvalue weighted by atomic mass is 32.1. The Labute approximate surface area is 108 Å². The summed E-state index contributed by atoms with van der Waals surface area (Å²) in [6, 6.07) is 5.55. The SMILES string of the molecule is COc1ccc(CNc2ncc(F)s2)c(OC)c1. The molecule has 0 aliphatic carbocycles. The number of rotatable bonds is 5. The zero-order valence-corrected chi connectivity index (χ0v) is 10.9. The standard InChI is InChI=1S/C12H13FN2O2S/c1-16-9-4-3-8(10(5-9)17-2)6-14-12-15-7-11(13)18-12/h3-5,7H,6H2,1-2H3,(H,14,15). The Hall–Kier alpha value is -1.82. The van der Waals surface area contributed by atoms with E-state index < -0.39 is 0 Å². The summed E-state index contributed by atoms with van der Waals surface area (Å²) in [5.41, 5.74) is 0.953. The summed E-state index contributed by atoms with van der Waals surface area (Å²) in [6.07, 6.45) is 1.19. The van der Waals surface area contributed by atoms with Crippen molar-refractivity contribution in [3.05, 3.63) is 35.1 Å². The Kier molecular flexibility index (Phi) is 3.99. The Bertz CT molecular complexity index is 531. The van der Waals surface area contributed by atoms with Crippen LogP contribution in [0.4, 0.5) is 9.52 Å². The molecule has 0 amide bonds. The van der Waals surface area contributed by atoms with E-state index in [1.165, 1.54) is 6.20 Å². The topological polar surface area (TPSA) is 43.4 Å². The van der Waals surface area contributed by atoms with Crippen molar-refractivity contribution < 1.29 is 13.9 Å². The number of halogens is 1. The maximum atomic E-state index is 12.8. The van der Waals surface area contributed by atoms with Crippen molar-refractivity contribution in [2.45, 2.75) is 6.54 Å². The molecule has 2 aromatic rings. The zero-order chi connectivity index (χ0) is 13.0. The van der Waals surface area contributed by atoms with Gasteiger partial charge in [-0.25, -0.2) is 4.98 Å².